The highest BCUT2D eigenvalue weighted by Gasteiger charge is 2.27. The second-order valence-corrected chi connectivity index (χ2v) is 6.64. The van der Waals surface area contributed by atoms with Crippen LogP contribution in [0.15, 0.2) is 53.4 Å². The van der Waals surface area contributed by atoms with Crippen LogP contribution < -0.4 is 5.32 Å². The fourth-order valence-electron chi connectivity index (χ4n) is 2.38. The van der Waals surface area contributed by atoms with Crippen molar-refractivity contribution in [2.24, 2.45) is 0 Å². The molecule has 2 aromatic rings. The van der Waals surface area contributed by atoms with Crippen molar-refractivity contribution in [1.29, 1.82) is 0 Å². The Bertz CT molecular complexity index is 730. The average molecular weight is 327 g/mol. The number of cyclic esters (lactones) is 1. The molecule has 0 aromatic heterocycles. The summed E-state index contributed by atoms with van der Waals surface area (Å²) in [5.74, 6) is -0.275. The van der Waals surface area contributed by atoms with Crippen molar-refractivity contribution in [3.8, 4) is 0 Å². The Kier molecular flexibility index (Phi) is 4.67. The summed E-state index contributed by atoms with van der Waals surface area (Å²) in [4.78, 5) is 24.7. The lowest BCUT2D eigenvalue weighted by atomic mass is 10.1. The largest absolute Gasteiger partial charge is 0.465 e. The van der Waals surface area contributed by atoms with Crippen LogP contribution in [0.3, 0.4) is 0 Å². The molecule has 1 aliphatic rings. The van der Waals surface area contributed by atoms with Crippen LogP contribution in [0.25, 0.3) is 0 Å². The van der Waals surface area contributed by atoms with E-state index >= 15 is 0 Å². The minimum Gasteiger partial charge on any atom is -0.465 e. The topological polar surface area (TPSA) is 55.4 Å². The molecule has 0 bridgehead atoms. The molecule has 0 radical (unpaired) electrons. The second kappa shape index (κ2) is 6.87. The zero-order chi connectivity index (χ0) is 16.2. The Morgan fingerprint density at radius 3 is 2.65 bits per heavy atom. The van der Waals surface area contributed by atoms with Gasteiger partial charge in [0, 0.05) is 22.6 Å². The Labute approximate surface area is 139 Å². The zero-order valence-electron chi connectivity index (χ0n) is 12.7. The van der Waals surface area contributed by atoms with E-state index in [2.05, 4.69) is 5.32 Å². The van der Waals surface area contributed by atoms with Gasteiger partial charge >= 0.3 is 5.97 Å². The first-order valence-electron chi connectivity index (χ1n) is 7.44. The van der Waals surface area contributed by atoms with E-state index < -0.39 is 0 Å². The van der Waals surface area contributed by atoms with Crippen LogP contribution in [0.2, 0.25) is 0 Å². The summed E-state index contributed by atoms with van der Waals surface area (Å²) >= 11 is 1.51. The van der Waals surface area contributed by atoms with Gasteiger partial charge in [0.2, 0.25) is 0 Å². The molecular formula is C18H17NO3S. The molecule has 5 heteroatoms. The van der Waals surface area contributed by atoms with Gasteiger partial charge in [0.25, 0.3) is 5.91 Å². The Morgan fingerprint density at radius 1 is 1.22 bits per heavy atom. The smallest absolute Gasteiger partial charge is 0.319 e. The SMILES string of the molecule is Cc1cc(SC2CCOC2=O)ccc1NC(=O)c1ccccc1. The summed E-state index contributed by atoms with van der Waals surface area (Å²) in [7, 11) is 0. The molecule has 0 aliphatic carbocycles. The highest BCUT2D eigenvalue weighted by atomic mass is 32.2. The van der Waals surface area contributed by atoms with Gasteiger partial charge in [-0.1, -0.05) is 18.2 Å². The van der Waals surface area contributed by atoms with Crippen LogP contribution in [0.5, 0.6) is 0 Å². The summed E-state index contributed by atoms with van der Waals surface area (Å²) in [5.41, 5.74) is 2.36. The molecule has 0 saturated carbocycles. The molecule has 1 fully saturated rings. The van der Waals surface area contributed by atoms with Crippen LogP contribution in [0, 0.1) is 6.92 Å². The number of carbonyl (C=O) groups excluding carboxylic acids is 2. The molecule has 4 nitrogen and oxygen atoms in total. The number of nitrogens with one attached hydrogen (secondary N) is 1. The van der Waals surface area contributed by atoms with E-state index in [4.69, 9.17) is 4.74 Å². The first kappa shape index (κ1) is 15.6. The first-order valence-corrected chi connectivity index (χ1v) is 8.32. The molecule has 1 aliphatic heterocycles. The molecule has 1 heterocycles. The molecule has 0 spiro atoms. The summed E-state index contributed by atoms with van der Waals surface area (Å²) in [6, 6.07) is 14.9. The number of aryl methyl sites for hydroxylation is 1. The van der Waals surface area contributed by atoms with Gasteiger partial charge < -0.3 is 10.1 Å². The van der Waals surface area contributed by atoms with Gasteiger partial charge in [0.15, 0.2) is 0 Å². The standard InChI is InChI=1S/C18H17NO3S/c1-12-11-14(23-16-9-10-22-18(16)21)7-8-15(12)19-17(20)13-5-3-2-4-6-13/h2-8,11,16H,9-10H2,1H3,(H,19,20). The Hall–Kier alpha value is -2.27. The average Bonchev–Trinajstić information content (AvgIpc) is 2.96. The molecule has 1 amide bonds. The molecule has 1 unspecified atom stereocenters. The van der Waals surface area contributed by atoms with Gasteiger partial charge in [-0.25, -0.2) is 0 Å². The maximum absolute atomic E-state index is 12.2. The lowest BCUT2D eigenvalue weighted by molar-refractivity contribution is -0.137. The quantitative estimate of drug-likeness (QED) is 0.871. The number of esters is 1. The first-order chi connectivity index (χ1) is 11.1. The number of hydrogen-bond donors (Lipinski definition) is 1. The fourth-order valence-corrected chi connectivity index (χ4v) is 3.48. The van der Waals surface area contributed by atoms with Gasteiger partial charge in [-0.3, -0.25) is 9.59 Å². The Morgan fingerprint density at radius 2 is 2.00 bits per heavy atom. The molecular weight excluding hydrogens is 310 g/mol. The van der Waals surface area contributed by atoms with Crippen molar-refractivity contribution in [3.63, 3.8) is 0 Å². The van der Waals surface area contributed by atoms with Crippen LogP contribution in [0.4, 0.5) is 5.69 Å². The third-order valence-electron chi connectivity index (χ3n) is 3.65. The normalized spacial score (nSPS) is 16.9. The summed E-state index contributed by atoms with van der Waals surface area (Å²) in [6.07, 6.45) is 0.745. The molecule has 3 rings (SSSR count). The van der Waals surface area contributed by atoms with Crippen molar-refractivity contribution in [1.82, 2.24) is 0 Å². The lowest BCUT2D eigenvalue weighted by Crippen LogP contribution is -2.12. The van der Waals surface area contributed by atoms with E-state index in [-0.39, 0.29) is 17.1 Å². The molecule has 118 valence electrons. The number of carbonyl (C=O) groups is 2. The second-order valence-electron chi connectivity index (χ2n) is 5.36. The van der Waals surface area contributed by atoms with Crippen molar-refractivity contribution in [2.75, 3.05) is 11.9 Å². The Balaban J connectivity index is 1.69. The molecule has 2 aromatic carbocycles. The van der Waals surface area contributed by atoms with Crippen molar-refractivity contribution >= 4 is 29.3 Å². The number of hydrogen-bond acceptors (Lipinski definition) is 4. The summed E-state index contributed by atoms with van der Waals surface area (Å²) in [6.45, 7) is 2.44. The predicted molar refractivity (Wildman–Crippen MR) is 90.8 cm³/mol. The minimum atomic E-state index is -0.144. The van der Waals surface area contributed by atoms with Gasteiger partial charge in [-0.05, 0) is 42.8 Å². The summed E-state index contributed by atoms with van der Waals surface area (Å²) < 4.78 is 4.98. The van der Waals surface area contributed by atoms with Gasteiger partial charge in [-0.2, -0.15) is 0 Å². The number of rotatable bonds is 4. The van der Waals surface area contributed by atoms with E-state index in [0.29, 0.717) is 12.2 Å². The maximum Gasteiger partial charge on any atom is 0.319 e. The zero-order valence-corrected chi connectivity index (χ0v) is 13.6. The number of ether oxygens (including phenoxy) is 1. The highest BCUT2D eigenvalue weighted by Crippen LogP contribution is 2.31. The maximum atomic E-state index is 12.2. The van der Waals surface area contributed by atoms with E-state index in [1.54, 1.807) is 12.1 Å². The van der Waals surface area contributed by atoms with Crippen LogP contribution >= 0.6 is 11.8 Å². The number of anilines is 1. The van der Waals surface area contributed by atoms with Crippen LogP contribution in [-0.4, -0.2) is 23.7 Å². The third kappa shape index (κ3) is 3.74. The van der Waals surface area contributed by atoms with E-state index in [0.717, 1.165) is 22.6 Å². The minimum absolute atomic E-state index is 0.126. The van der Waals surface area contributed by atoms with Gasteiger partial charge in [0.05, 0.1) is 6.61 Å². The fraction of sp³-hybridized carbons (Fsp3) is 0.222. The lowest BCUT2D eigenvalue weighted by Gasteiger charge is -2.11. The number of thioether (sulfide) groups is 1. The van der Waals surface area contributed by atoms with E-state index in [9.17, 15) is 9.59 Å². The van der Waals surface area contributed by atoms with Gasteiger partial charge in [0.1, 0.15) is 5.25 Å². The molecule has 1 N–H and O–H groups in total. The van der Waals surface area contributed by atoms with Crippen LogP contribution in [0.1, 0.15) is 22.3 Å². The number of amides is 1. The van der Waals surface area contributed by atoms with E-state index in [1.807, 2.05) is 43.3 Å². The van der Waals surface area contributed by atoms with Gasteiger partial charge in [-0.15, -0.1) is 11.8 Å². The molecule has 1 atom stereocenters. The van der Waals surface area contributed by atoms with Crippen molar-refractivity contribution in [2.45, 2.75) is 23.5 Å². The molecule has 23 heavy (non-hydrogen) atoms. The number of benzene rings is 2. The third-order valence-corrected chi connectivity index (χ3v) is 4.89. The van der Waals surface area contributed by atoms with Crippen LogP contribution in [-0.2, 0) is 9.53 Å². The highest BCUT2D eigenvalue weighted by molar-refractivity contribution is 8.00. The summed E-state index contributed by atoms with van der Waals surface area (Å²) in [5, 5.41) is 2.79. The van der Waals surface area contributed by atoms with E-state index in [1.165, 1.54) is 11.8 Å². The molecule has 1 saturated heterocycles. The monoisotopic (exact) mass is 327 g/mol. The van der Waals surface area contributed by atoms with Crippen molar-refractivity contribution in [3.05, 3.63) is 59.7 Å². The predicted octanol–water partition coefficient (Wildman–Crippen LogP) is 3.65. The van der Waals surface area contributed by atoms with Crippen molar-refractivity contribution < 1.29 is 14.3 Å².